The molecule has 0 aromatic carbocycles. The lowest BCUT2D eigenvalue weighted by molar-refractivity contribution is -0.333. The maximum Gasteiger partial charge on any atom is 0.380 e. The van der Waals surface area contributed by atoms with Gasteiger partial charge in [0.1, 0.15) is 12.2 Å². The zero-order valence-electron chi connectivity index (χ0n) is 15.4. The van der Waals surface area contributed by atoms with Crippen LogP contribution in [0.15, 0.2) is 0 Å². The molecule has 6 atom stereocenters. The number of cyclic esters (lactones) is 1. The second-order valence-electron chi connectivity index (χ2n) is 6.88. The molecule has 0 spiro atoms. The minimum atomic E-state index is -2.14. The van der Waals surface area contributed by atoms with Gasteiger partial charge in [0, 0.05) is 13.3 Å². The Morgan fingerprint density at radius 1 is 1.41 bits per heavy atom. The third kappa shape index (κ3) is 4.75. The summed E-state index contributed by atoms with van der Waals surface area (Å²) >= 11 is 0. The van der Waals surface area contributed by atoms with Crippen molar-refractivity contribution in [2.24, 2.45) is 0 Å². The quantitative estimate of drug-likeness (QED) is 0.294. The first-order valence-electron chi connectivity index (χ1n) is 9.09. The number of ether oxygens (including phenoxy) is 3. The molecule has 10 heteroatoms. The summed E-state index contributed by atoms with van der Waals surface area (Å²) in [5, 5.41) is 32.1. The van der Waals surface area contributed by atoms with E-state index in [0.29, 0.717) is 6.42 Å². The molecular weight excluding hydrogens is 362 g/mol. The van der Waals surface area contributed by atoms with Crippen LogP contribution in [0.3, 0.4) is 0 Å². The molecular formula is C17H27NO9. The van der Waals surface area contributed by atoms with E-state index in [0.717, 1.165) is 12.8 Å². The van der Waals surface area contributed by atoms with E-state index in [1.807, 2.05) is 6.92 Å². The summed E-state index contributed by atoms with van der Waals surface area (Å²) in [6, 6.07) is -1.02. The number of hydrogen-bond acceptors (Lipinski definition) is 9. The van der Waals surface area contributed by atoms with E-state index in [4.69, 9.17) is 14.2 Å². The van der Waals surface area contributed by atoms with Crippen LogP contribution in [0.25, 0.3) is 0 Å². The topological polar surface area (TPSA) is 152 Å². The molecule has 0 aromatic heterocycles. The molecule has 27 heavy (non-hydrogen) atoms. The van der Waals surface area contributed by atoms with Crippen LogP contribution >= 0.6 is 0 Å². The minimum absolute atomic E-state index is 0.0742. The zero-order valence-corrected chi connectivity index (χ0v) is 15.4. The van der Waals surface area contributed by atoms with Crippen molar-refractivity contribution in [3.05, 3.63) is 0 Å². The van der Waals surface area contributed by atoms with Crippen LogP contribution in [-0.2, 0) is 28.6 Å². The largest absolute Gasteiger partial charge is 0.452 e. The molecule has 0 aromatic rings. The van der Waals surface area contributed by atoms with Crippen molar-refractivity contribution >= 4 is 17.8 Å². The Hall–Kier alpha value is -1.75. The highest BCUT2D eigenvalue weighted by Crippen LogP contribution is 2.39. The summed E-state index contributed by atoms with van der Waals surface area (Å²) < 4.78 is 16.1. The maximum absolute atomic E-state index is 12.5. The number of rotatable bonds is 8. The Bertz CT molecular complexity index is 567. The molecule has 2 rings (SSSR count). The van der Waals surface area contributed by atoms with Gasteiger partial charge in [-0.15, -0.1) is 0 Å². The Balaban J connectivity index is 2.23. The molecule has 4 N–H and O–H groups in total. The van der Waals surface area contributed by atoms with Gasteiger partial charge in [0.05, 0.1) is 25.2 Å². The standard InChI is InChI=1S/C17H27NO9/c1-3-4-5-6-12(23)26-17-7-10(21)13(18-9(2)20)15(27-17)14(11(22)8-19)25-16(17)24/h10-11,13-15,19,21-22H,3-8H2,1-2H3,(H,18,20)/t10-,11+,13+,14+,15+,17-/m0/s1. The summed E-state index contributed by atoms with van der Waals surface area (Å²) in [6.45, 7) is 2.47. The molecule has 2 aliphatic heterocycles. The smallest absolute Gasteiger partial charge is 0.380 e. The van der Waals surface area contributed by atoms with Crippen LogP contribution in [-0.4, -0.2) is 76.0 Å². The number of aliphatic hydroxyl groups excluding tert-OH is 3. The fourth-order valence-electron chi connectivity index (χ4n) is 3.32. The number of carbonyl (C=O) groups excluding carboxylic acids is 3. The molecule has 1 amide bonds. The predicted molar refractivity (Wildman–Crippen MR) is 89.0 cm³/mol. The van der Waals surface area contributed by atoms with Gasteiger partial charge in [0.25, 0.3) is 0 Å². The first-order valence-corrected chi connectivity index (χ1v) is 9.09. The van der Waals surface area contributed by atoms with Crippen molar-refractivity contribution in [3.8, 4) is 0 Å². The first-order chi connectivity index (χ1) is 12.7. The van der Waals surface area contributed by atoms with Crippen LogP contribution in [0.5, 0.6) is 0 Å². The zero-order chi connectivity index (χ0) is 20.2. The highest BCUT2D eigenvalue weighted by molar-refractivity contribution is 5.83. The number of nitrogens with one attached hydrogen (secondary N) is 1. The van der Waals surface area contributed by atoms with E-state index in [2.05, 4.69) is 5.32 Å². The molecule has 2 fully saturated rings. The highest BCUT2D eigenvalue weighted by Gasteiger charge is 2.63. The van der Waals surface area contributed by atoms with E-state index >= 15 is 0 Å². The number of unbranched alkanes of at least 4 members (excludes halogenated alkanes) is 2. The summed E-state index contributed by atoms with van der Waals surface area (Å²) in [6.07, 6.45) is -3.41. The van der Waals surface area contributed by atoms with Gasteiger partial charge in [-0.05, 0) is 6.42 Å². The number of fused-ring (bicyclic) bond motifs is 2. The summed E-state index contributed by atoms with van der Waals surface area (Å²) in [4.78, 5) is 36.0. The van der Waals surface area contributed by atoms with E-state index < -0.39 is 67.1 Å². The van der Waals surface area contributed by atoms with Crippen molar-refractivity contribution < 1.29 is 43.9 Å². The van der Waals surface area contributed by atoms with Gasteiger partial charge < -0.3 is 34.8 Å². The Morgan fingerprint density at radius 2 is 2.11 bits per heavy atom. The van der Waals surface area contributed by atoms with Crippen molar-refractivity contribution in [1.82, 2.24) is 5.32 Å². The minimum Gasteiger partial charge on any atom is -0.452 e. The molecule has 0 unspecified atom stereocenters. The van der Waals surface area contributed by atoms with Gasteiger partial charge in [0.2, 0.25) is 5.91 Å². The lowest BCUT2D eigenvalue weighted by Crippen LogP contribution is -2.72. The van der Waals surface area contributed by atoms with Crippen molar-refractivity contribution in [2.75, 3.05) is 6.61 Å². The second-order valence-corrected chi connectivity index (χ2v) is 6.88. The van der Waals surface area contributed by atoms with Gasteiger partial charge in [0.15, 0.2) is 6.10 Å². The number of esters is 2. The van der Waals surface area contributed by atoms with Crippen molar-refractivity contribution in [1.29, 1.82) is 0 Å². The number of hydrogen-bond donors (Lipinski definition) is 4. The van der Waals surface area contributed by atoms with Gasteiger partial charge in [-0.1, -0.05) is 19.8 Å². The molecule has 10 nitrogen and oxygen atoms in total. The van der Waals surface area contributed by atoms with Crippen molar-refractivity contribution in [2.45, 2.75) is 82.2 Å². The molecule has 2 aliphatic rings. The van der Waals surface area contributed by atoms with E-state index in [9.17, 15) is 29.7 Å². The van der Waals surface area contributed by atoms with Gasteiger partial charge >= 0.3 is 17.7 Å². The third-order valence-corrected chi connectivity index (χ3v) is 4.65. The molecule has 2 bridgehead atoms. The Kier molecular flexibility index (Phi) is 7.15. The number of carbonyl (C=O) groups is 3. The van der Waals surface area contributed by atoms with E-state index in [1.54, 1.807) is 0 Å². The Morgan fingerprint density at radius 3 is 2.70 bits per heavy atom. The average Bonchev–Trinajstić information content (AvgIpc) is 2.60. The second kappa shape index (κ2) is 8.96. The van der Waals surface area contributed by atoms with Gasteiger partial charge in [-0.25, -0.2) is 4.79 Å². The monoisotopic (exact) mass is 389 g/mol. The lowest BCUT2D eigenvalue weighted by Gasteiger charge is -2.51. The molecule has 0 aliphatic carbocycles. The normalized spacial score (nSPS) is 33.7. The van der Waals surface area contributed by atoms with Crippen LogP contribution < -0.4 is 5.32 Å². The third-order valence-electron chi connectivity index (χ3n) is 4.65. The molecule has 0 saturated carbocycles. The molecule has 154 valence electrons. The molecule has 2 heterocycles. The van der Waals surface area contributed by atoms with Crippen LogP contribution in [0.2, 0.25) is 0 Å². The van der Waals surface area contributed by atoms with Crippen LogP contribution in [0, 0.1) is 0 Å². The summed E-state index contributed by atoms with van der Waals surface area (Å²) in [5.74, 6) is -4.36. The average molecular weight is 389 g/mol. The SMILES string of the molecule is CCCCCC(=O)O[C@@]12C[C@H](O)[C@@H](NC(C)=O)[C@@H](O1)[C@@H]([C@H](O)CO)OC2=O. The van der Waals surface area contributed by atoms with Gasteiger partial charge in [-0.2, -0.15) is 0 Å². The molecule has 0 radical (unpaired) electrons. The fraction of sp³-hybridized carbons (Fsp3) is 0.824. The van der Waals surface area contributed by atoms with E-state index in [-0.39, 0.29) is 6.42 Å². The number of aliphatic hydroxyl groups is 3. The van der Waals surface area contributed by atoms with Crippen LogP contribution in [0.4, 0.5) is 0 Å². The lowest BCUT2D eigenvalue weighted by atomic mass is 9.86. The molecule has 2 saturated heterocycles. The summed E-state index contributed by atoms with van der Waals surface area (Å²) in [5.41, 5.74) is 0. The van der Waals surface area contributed by atoms with Crippen LogP contribution in [0.1, 0.15) is 46.0 Å². The van der Waals surface area contributed by atoms with Crippen molar-refractivity contribution in [3.63, 3.8) is 0 Å². The Labute approximate surface area is 156 Å². The maximum atomic E-state index is 12.5. The summed E-state index contributed by atoms with van der Waals surface area (Å²) in [7, 11) is 0. The highest BCUT2D eigenvalue weighted by atomic mass is 16.8. The van der Waals surface area contributed by atoms with Gasteiger partial charge in [-0.3, -0.25) is 9.59 Å². The fourth-order valence-corrected chi connectivity index (χ4v) is 3.32. The number of amides is 1. The first kappa shape index (κ1) is 21.5. The predicted octanol–water partition coefficient (Wildman–Crippen LogP) is -1.26. The van der Waals surface area contributed by atoms with E-state index in [1.165, 1.54) is 6.92 Å².